The highest BCUT2D eigenvalue weighted by Gasteiger charge is 2.21. The average Bonchev–Trinajstić information content (AvgIpc) is 3.16. The second-order valence-corrected chi connectivity index (χ2v) is 8.64. The molecule has 0 unspecified atom stereocenters. The molecule has 0 radical (unpaired) electrons. The number of nitrogens with two attached hydrogens (primary N) is 1. The summed E-state index contributed by atoms with van der Waals surface area (Å²) in [6.07, 6.45) is 0. The molecule has 34 heavy (non-hydrogen) atoms. The molecule has 0 aliphatic heterocycles. The topological polar surface area (TPSA) is 145 Å². The van der Waals surface area contributed by atoms with E-state index in [2.05, 4.69) is 10.6 Å². The standard InChI is InChI=1S/C24H17ClN4O4S/c25-19-16-6-1-2-7-18(16)34-20(19)23(31)29-17-11-13(24(32)33)8-9-15(17)22(30)28-14-5-3-4-12(10-14)21(26)27/h1-11H,(H3,26,27)(H,28,30)(H,29,31)(H,32,33). The minimum atomic E-state index is -1.21. The quantitative estimate of drug-likeness (QED) is 0.189. The number of amides is 2. The lowest BCUT2D eigenvalue weighted by Gasteiger charge is -2.13. The van der Waals surface area contributed by atoms with Crippen LogP contribution in [0, 0.1) is 5.41 Å². The zero-order chi connectivity index (χ0) is 24.4. The molecule has 0 atom stereocenters. The maximum Gasteiger partial charge on any atom is 0.335 e. The highest BCUT2D eigenvalue weighted by molar-refractivity contribution is 7.21. The van der Waals surface area contributed by atoms with Gasteiger partial charge in [-0.15, -0.1) is 11.3 Å². The molecule has 4 aromatic rings. The van der Waals surface area contributed by atoms with Gasteiger partial charge in [-0.1, -0.05) is 41.9 Å². The van der Waals surface area contributed by atoms with Crippen LogP contribution in [-0.2, 0) is 0 Å². The summed E-state index contributed by atoms with van der Waals surface area (Å²) in [6, 6.07) is 17.5. The number of nitrogen functional groups attached to an aromatic ring is 1. The van der Waals surface area contributed by atoms with Crippen LogP contribution in [0.5, 0.6) is 0 Å². The van der Waals surface area contributed by atoms with E-state index < -0.39 is 17.8 Å². The van der Waals surface area contributed by atoms with E-state index in [4.69, 9.17) is 22.7 Å². The number of hydrogen-bond donors (Lipinski definition) is 5. The third kappa shape index (κ3) is 4.61. The van der Waals surface area contributed by atoms with Crippen molar-refractivity contribution in [3.63, 3.8) is 0 Å². The number of carbonyl (C=O) groups excluding carboxylic acids is 2. The maximum atomic E-state index is 13.0. The molecule has 1 heterocycles. The van der Waals surface area contributed by atoms with Gasteiger partial charge in [0.25, 0.3) is 11.8 Å². The first kappa shape index (κ1) is 23.0. The van der Waals surface area contributed by atoms with Gasteiger partial charge < -0.3 is 21.5 Å². The predicted molar refractivity (Wildman–Crippen MR) is 134 cm³/mol. The molecule has 0 bridgehead atoms. The van der Waals surface area contributed by atoms with Crippen molar-refractivity contribution in [3.8, 4) is 0 Å². The van der Waals surface area contributed by atoms with Crippen molar-refractivity contribution >= 4 is 68.0 Å². The molecule has 10 heteroatoms. The molecule has 2 amide bonds. The Morgan fingerprint density at radius 2 is 1.68 bits per heavy atom. The third-order valence-corrected chi connectivity index (χ3v) is 6.61. The summed E-state index contributed by atoms with van der Waals surface area (Å²) >= 11 is 7.59. The van der Waals surface area contributed by atoms with Crippen molar-refractivity contribution in [1.29, 1.82) is 5.41 Å². The number of fused-ring (bicyclic) bond motifs is 1. The van der Waals surface area contributed by atoms with E-state index in [9.17, 15) is 19.5 Å². The van der Waals surface area contributed by atoms with Gasteiger partial charge in [0.1, 0.15) is 10.7 Å². The molecule has 0 aliphatic rings. The van der Waals surface area contributed by atoms with Crippen LogP contribution >= 0.6 is 22.9 Å². The molecule has 4 rings (SSSR count). The first-order chi connectivity index (χ1) is 16.2. The van der Waals surface area contributed by atoms with Crippen molar-refractivity contribution in [3.05, 3.63) is 93.3 Å². The second-order valence-electron chi connectivity index (χ2n) is 7.21. The van der Waals surface area contributed by atoms with E-state index in [1.807, 2.05) is 18.2 Å². The Balaban J connectivity index is 1.67. The minimum absolute atomic E-state index is 0.0126. The zero-order valence-electron chi connectivity index (χ0n) is 17.4. The van der Waals surface area contributed by atoms with Gasteiger partial charge in [-0.25, -0.2) is 4.79 Å². The fraction of sp³-hybridized carbons (Fsp3) is 0. The Morgan fingerprint density at radius 3 is 2.38 bits per heavy atom. The molecule has 0 fully saturated rings. The van der Waals surface area contributed by atoms with Crippen molar-refractivity contribution in [1.82, 2.24) is 0 Å². The SMILES string of the molecule is N=C(N)c1cccc(NC(=O)c2ccc(C(=O)O)cc2NC(=O)c2sc3ccccc3c2Cl)c1. The first-order valence-corrected chi connectivity index (χ1v) is 11.1. The molecule has 0 aliphatic carbocycles. The number of carboxylic acids is 1. The minimum Gasteiger partial charge on any atom is -0.478 e. The fourth-order valence-corrected chi connectivity index (χ4v) is 4.69. The number of rotatable bonds is 6. The lowest BCUT2D eigenvalue weighted by Crippen LogP contribution is -2.19. The van der Waals surface area contributed by atoms with Crippen molar-refractivity contribution in [2.75, 3.05) is 10.6 Å². The Kier molecular flexibility index (Phi) is 6.31. The number of aromatic carboxylic acids is 1. The summed E-state index contributed by atoms with van der Waals surface area (Å²) in [5, 5.41) is 23.2. The number of benzene rings is 3. The molecular formula is C24H17ClN4O4S. The summed E-state index contributed by atoms with van der Waals surface area (Å²) in [7, 11) is 0. The molecule has 0 saturated heterocycles. The second kappa shape index (κ2) is 9.34. The van der Waals surface area contributed by atoms with Gasteiger partial charge in [-0.05, 0) is 36.4 Å². The van der Waals surface area contributed by atoms with Gasteiger partial charge in [0, 0.05) is 21.3 Å². The predicted octanol–water partition coefficient (Wildman–Crippen LogP) is 5.04. The lowest BCUT2D eigenvalue weighted by atomic mass is 10.1. The summed E-state index contributed by atoms with van der Waals surface area (Å²) in [4.78, 5) is 37.8. The Bertz CT molecular complexity index is 1480. The van der Waals surface area contributed by atoms with Crippen LogP contribution in [0.15, 0.2) is 66.7 Å². The van der Waals surface area contributed by atoms with Crippen LogP contribution in [0.4, 0.5) is 11.4 Å². The monoisotopic (exact) mass is 492 g/mol. The molecule has 0 saturated carbocycles. The molecule has 0 spiro atoms. The summed E-state index contributed by atoms with van der Waals surface area (Å²) in [6.45, 7) is 0. The van der Waals surface area contributed by atoms with Gasteiger partial charge in [0.2, 0.25) is 0 Å². The van der Waals surface area contributed by atoms with E-state index >= 15 is 0 Å². The van der Waals surface area contributed by atoms with Crippen molar-refractivity contribution < 1.29 is 19.5 Å². The van der Waals surface area contributed by atoms with Gasteiger partial charge in [-0.3, -0.25) is 15.0 Å². The van der Waals surface area contributed by atoms with Gasteiger partial charge in [-0.2, -0.15) is 0 Å². The van der Waals surface area contributed by atoms with Gasteiger partial charge >= 0.3 is 5.97 Å². The zero-order valence-corrected chi connectivity index (χ0v) is 19.0. The van der Waals surface area contributed by atoms with Crippen LogP contribution < -0.4 is 16.4 Å². The van der Waals surface area contributed by atoms with Crippen molar-refractivity contribution in [2.24, 2.45) is 5.73 Å². The largest absolute Gasteiger partial charge is 0.478 e. The van der Waals surface area contributed by atoms with Crippen LogP contribution in [0.1, 0.15) is 36.0 Å². The molecule has 170 valence electrons. The number of carbonyl (C=O) groups is 3. The first-order valence-electron chi connectivity index (χ1n) is 9.86. The number of carboxylic acid groups (broad SMARTS) is 1. The number of thiophene rings is 1. The number of nitrogens with one attached hydrogen (secondary N) is 3. The molecule has 1 aromatic heterocycles. The van der Waals surface area contributed by atoms with Crippen LogP contribution in [0.2, 0.25) is 5.02 Å². The summed E-state index contributed by atoms with van der Waals surface area (Å²) < 4.78 is 0.820. The number of amidine groups is 1. The van der Waals surface area contributed by atoms with E-state index in [0.717, 1.165) is 10.1 Å². The number of halogens is 1. The summed E-state index contributed by atoms with van der Waals surface area (Å²) in [5.74, 6) is -2.52. The number of hydrogen-bond acceptors (Lipinski definition) is 5. The smallest absolute Gasteiger partial charge is 0.335 e. The average molecular weight is 493 g/mol. The molecule has 8 nitrogen and oxygen atoms in total. The fourth-order valence-electron chi connectivity index (χ4n) is 3.28. The molecule has 3 aromatic carbocycles. The highest BCUT2D eigenvalue weighted by atomic mass is 35.5. The van der Waals surface area contributed by atoms with Crippen molar-refractivity contribution in [2.45, 2.75) is 0 Å². The maximum absolute atomic E-state index is 13.0. The Hall–Kier alpha value is -4.21. The van der Waals surface area contributed by atoms with Crippen LogP contribution in [0.25, 0.3) is 10.1 Å². The molecular weight excluding hydrogens is 476 g/mol. The number of anilines is 2. The van der Waals surface area contributed by atoms with E-state index in [-0.39, 0.29) is 32.5 Å². The van der Waals surface area contributed by atoms with E-state index in [1.54, 1.807) is 24.3 Å². The molecule has 6 N–H and O–H groups in total. The third-order valence-electron chi connectivity index (χ3n) is 4.93. The van der Waals surface area contributed by atoms with E-state index in [0.29, 0.717) is 11.3 Å². The normalized spacial score (nSPS) is 10.6. The van der Waals surface area contributed by atoms with Crippen LogP contribution in [-0.4, -0.2) is 28.7 Å². The summed E-state index contributed by atoms with van der Waals surface area (Å²) in [5.41, 5.74) is 6.26. The van der Waals surface area contributed by atoms with Gasteiger partial charge in [0.15, 0.2) is 0 Å². The Labute approximate surface area is 202 Å². The highest BCUT2D eigenvalue weighted by Crippen LogP contribution is 2.35. The lowest BCUT2D eigenvalue weighted by molar-refractivity contribution is 0.0696. The Morgan fingerprint density at radius 1 is 0.912 bits per heavy atom. The van der Waals surface area contributed by atoms with E-state index in [1.165, 1.54) is 35.6 Å². The van der Waals surface area contributed by atoms with Crippen LogP contribution in [0.3, 0.4) is 0 Å². The van der Waals surface area contributed by atoms with Gasteiger partial charge in [0.05, 0.1) is 21.8 Å².